The van der Waals surface area contributed by atoms with Crippen LogP contribution in [0.5, 0.6) is 0 Å². The van der Waals surface area contributed by atoms with Crippen LogP contribution >= 0.6 is 24.0 Å². The number of amides is 2. The summed E-state index contributed by atoms with van der Waals surface area (Å²) in [6, 6.07) is 3.38. The zero-order chi connectivity index (χ0) is 17.4. The van der Waals surface area contributed by atoms with E-state index < -0.39 is 0 Å². The second-order valence-corrected chi connectivity index (χ2v) is 5.38. The fourth-order valence-corrected chi connectivity index (χ4v) is 2.50. The van der Waals surface area contributed by atoms with Crippen molar-refractivity contribution in [3.8, 4) is 0 Å². The molecular formula is C16H26IN5O3. The molecule has 2 rings (SSSR count). The second-order valence-electron chi connectivity index (χ2n) is 5.38. The lowest BCUT2D eigenvalue weighted by atomic mass is 10.3. The zero-order valence-corrected chi connectivity index (χ0v) is 17.0. The van der Waals surface area contributed by atoms with Crippen molar-refractivity contribution in [2.75, 3.05) is 45.8 Å². The summed E-state index contributed by atoms with van der Waals surface area (Å²) in [7, 11) is 0. The molecular weight excluding hydrogens is 437 g/mol. The highest BCUT2D eigenvalue weighted by atomic mass is 127. The molecule has 0 spiro atoms. The topological polar surface area (TPSA) is 90.2 Å². The normalized spacial score (nSPS) is 14.7. The van der Waals surface area contributed by atoms with E-state index in [-0.39, 0.29) is 42.3 Å². The Balaban J connectivity index is 0.00000312. The van der Waals surface area contributed by atoms with Gasteiger partial charge in [-0.3, -0.25) is 9.59 Å². The average Bonchev–Trinajstić information content (AvgIpc) is 3.13. The van der Waals surface area contributed by atoms with E-state index in [2.05, 4.69) is 20.5 Å². The van der Waals surface area contributed by atoms with E-state index in [0.29, 0.717) is 44.4 Å². The second kappa shape index (κ2) is 11.0. The highest BCUT2D eigenvalue weighted by Crippen LogP contribution is 2.09. The van der Waals surface area contributed by atoms with Crippen molar-refractivity contribution in [1.29, 1.82) is 0 Å². The third-order valence-corrected chi connectivity index (χ3v) is 3.68. The summed E-state index contributed by atoms with van der Waals surface area (Å²) in [6.07, 6.45) is 1.50. The highest BCUT2D eigenvalue weighted by molar-refractivity contribution is 14.0. The number of halogens is 1. The Hall–Kier alpha value is -1.78. The summed E-state index contributed by atoms with van der Waals surface area (Å²) in [5, 5.41) is 5.92. The molecule has 0 unspecified atom stereocenters. The molecule has 1 aromatic rings. The summed E-state index contributed by atoms with van der Waals surface area (Å²) in [5.74, 6) is 0.873. The molecule has 2 N–H and O–H groups in total. The van der Waals surface area contributed by atoms with Gasteiger partial charge in [0.1, 0.15) is 6.54 Å². The van der Waals surface area contributed by atoms with Crippen LogP contribution in [0.2, 0.25) is 0 Å². The fraction of sp³-hybridized carbons (Fsp3) is 0.562. The number of rotatable bonds is 5. The van der Waals surface area contributed by atoms with E-state index >= 15 is 0 Å². The third-order valence-electron chi connectivity index (χ3n) is 3.68. The lowest BCUT2D eigenvalue weighted by molar-refractivity contribution is -0.119. The van der Waals surface area contributed by atoms with Gasteiger partial charge in [-0.05, 0) is 26.0 Å². The first-order valence-electron chi connectivity index (χ1n) is 8.28. The lowest BCUT2D eigenvalue weighted by Crippen LogP contribution is -2.54. The largest absolute Gasteiger partial charge is 0.459 e. The van der Waals surface area contributed by atoms with Crippen LogP contribution in [0.1, 0.15) is 24.4 Å². The number of furan rings is 1. The van der Waals surface area contributed by atoms with E-state index in [4.69, 9.17) is 4.42 Å². The number of hydrogen-bond acceptors (Lipinski definition) is 4. The maximum atomic E-state index is 12.3. The molecule has 25 heavy (non-hydrogen) atoms. The number of carbonyl (C=O) groups is 2. The van der Waals surface area contributed by atoms with Crippen LogP contribution in [0.3, 0.4) is 0 Å². The highest BCUT2D eigenvalue weighted by Gasteiger charge is 2.25. The van der Waals surface area contributed by atoms with Crippen molar-refractivity contribution in [3.05, 3.63) is 24.2 Å². The van der Waals surface area contributed by atoms with Gasteiger partial charge in [0.05, 0.1) is 6.26 Å². The van der Waals surface area contributed by atoms with Crippen molar-refractivity contribution >= 4 is 41.8 Å². The number of nitrogens with one attached hydrogen (secondary N) is 2. The van der Waals surface area contributed by atoms with Crippen LogP contribution in [0.4, 0.5) is 0 Å². The predicted octanol–water partition coefficient (Wildman–Crippen LogP) is 0.757. The smallest absolute Gasteiger partial charge is 0.289 e. The molecule has 0 atom stereocenters. The van der Waals surface area contributed by atoms with Crippen LogP contribution < -0.4 is 10.6 Å². The standard InChI is InChI=1S/C16H25N5O3.HI/c1-3-17-14(22)12-19-16(18-4-2)21-9-7-20(8-10-21)15(23)13-6-5-11-24-13;/h5-6,11H,3-4,7-10,12H2,1-2H3,(H,17,22)(H,18,19);1H. The van der Waals surface area contributed by atoms with Gasteiger partial charge in [-0.15, -0.1) is 24.0 Å². The van der Waals surface area contributed by atoms with Crippen LogP contribution in [0, 0.1) is 0 Å². The SMILES string of the molecule is CCNC(=O)CN=C(NCC)N1CCN(C(=O)c2ccco2)CC1.I. The Bertz CT molecular complexity index is 568. The van der Waals surface area contributed by atoms with Crippen LogP contribution in [-0.2, 0) is 4.79 Å². The maximum Gasteiger partial charge on any atom is 0.289 e. The molecule has 1 aliphatic heterocycles. The van der Waals surface area contributed by atoms with E-state index in [0.717, 1.165) is 6.54 Å². The van der Waals surface area contributed by atoms with Crippen molar-refractivity contribution in [2.24, 2.45) is 4.99 Å². The van der Waals surface area contributed by atoms with Crippen molar-refractivity contribution in [1.82, 2.24) is 20.4 Å². The van der Waals surface area contributed by atoms with Gasteiger partial charge in [0, 0.05) is 39.3 Å². The van der Waals surface area contributed by atoms with Gasteiger partial charge >= 0.3 is 0 Å². The third kappa shape index (κ3) is 6.22. The van der Waals surface area contributed by atoms with Crippen LogP contribution in [0.15, 0.2) is 27.8 Å². The molecule has 140 valence electrons. The van der Waals surface area contributed by atoms with Gasteiger partial charge in [0.15, 0.2) is 11.7 Å². The number of guanidine groups is 1. The summed E-state index contributed by atoms with van der Waals surface area (Å²) in [5.41, 5.74) is 0. The Kier molecular flexibility index (Phi) is 9.32. The van der Waals surface area contributed by atoms with Crippen molar-refractivity contribution in [3.63, 3.8) is 0 Å². The average molecular weight is 463 g/mol. The quantitative estimate of drug-likeness (QED) is 0.383. The number of likely N-dealkylation sites (N-methyl/N-ethyl adjacent to an activating group) is 1. The Labute approximate surface area is 165 Å². The molecule has 1 saturated heterocycles. The molecule has 2 amide bonds. The minimum atomic E-state index is -0.0977. The Morgan fingerprint density at radius 2 is 1.76 bits per heavy atom. The Morgan fingerprint density at radius 1 is 1.12 bits per heavy atom. The number of piperazine rings is 1. The van der Waals surface area contributed by atoms with E-state index in [1.54, 1.807) is 17.0 Å². The molecule has 8 nitrogen and oxygen atoms in total. The molecule has 1 fully saturated rings. The molecule has 1 aliphatic rings. The van der Waals surface area contributed by atoms with E-state index in [1.807, 2.05) is 13.8 Å². The van der Waals surface area contributed by atoms with Crippen molar-refractivity contribution < 1.29 is 14.0 Å². The fourth-order valence-electron chi connectivity index (χ4n) is 2.50. The molecule has 0 aromatic carbocycles. The zero-order valence-electron chi connectivity index (χ0n) is 14.7. The van der Waals surface area contributed by atoms with Gasteiger partial charge in [0.2, 0.25) is 5.91 Å². The van der Waals surface area contributed by atoms with Gasteiger partial charge in [-0.2, -0.15) is 0 Å². The van der Waals surface area contributed by atoms with Gasteiger partial charge < -0.3 is 24.9 Å². The summed E-state index contributed by atoms with van der Waals surface area (Å²) < 4.78 is 5.16. The molecule has 0 aliphatic carbocycles. The van der Waals surface area contributed by atoms with Crippen LogP contribution in [0.25, 0.3) is 0 Å². The number of aliphatic imine (C=N–C) groups is 1. The summed E-state index contributed by atoms with van der Waals surface area (Å²) in [4.78, 5) is 32.0. The number of hydrogen-bond donors (Lipinski definition) is 2. The predicted molar refractivity (Wildman–Crippen MR) is 106 cm³/mol. The van der Waals surface area contributed by atoms with Crippen molar-refractivity contribution in [2.45, 2.75) is 13.8 Å². The molecule has 1 aromatic heterocycles. The van der Waals surface area contributed by atoms with Gasteiger partial charge in [-0.1, -0.05) is 0 Å². The molecule has 9 heteroatoms. The molecule has 0 saturated carbocycles. The minimum absolute atomic E-state index is 0. The molecule has 2 heterocycles. The Morgan fingerprint density at radius 3 is 2.32 bits per heavy atom. The van der Waals surface area contributed by atoms with Gasteiger partial charge in [0.25, 0.3) is 5.91 Å². The lowest BCUT2D eigenvalue weighted by Gasteiger charge is -2.36. The van der Waals surface area contributed by atoms with E-state index in [1.165, 1.54) is 6.26 Å². The van der Waals surface area contributed by atoms with Gasteiger partial charge in [-0.25, -0.2) is 4.99 Å². The van der Waals surface area contributed by atoms with E-state index in [9.17, 15) is 9.59 Å². The first-order valence-corrected chi connectivity index (χ1v) is 8.28. The minimum Gasteiger partial charge on any atom is -0.459 e. The summed E-state index contributed by atoms with van der Waals surface area (Å²) in [6.45, 7) is 7.78. The molecule has 0 bridgehead atoms. The molecule has 0 radical (unpaired) electrons. The number of carbonyl (C=O) groups excluding carboxylic acids is 2. The first-order chi connectivity index (χ1) is 11.7. The summed E-state index contributed by atoms with van der Waals surface area (Å²) >= 11 is 0. The first kappa shape index (κ1) is 21.3. The maximum absolute atomic E-state index is 12.3. The van der Waals surface area contributed by atoms with Crippen LogP contribution in [-0.4, -0.2) is 73.4 Å². The monoisotopic (exact) mass is 463 g/mol. The number of nitrogens with zero attached hydrogens (tertiary/aromatic N) is 3.